The number of hydrogen-bond donors (Lipinski definition) is 2. The molecule has 0 fully saturated rings. The van der Waals surface area contributed by atoms with Crippen LogP contribution in [0.4, 0.5) is 8.78 Å². The molecule has 1 atom stereocenters. The zero-order valence-corrected chi connectivity index (χ0v) is 17.9. The molecule has 3 N–H and O–H groups in total. The van der Waals surface area contributed by atoms with Crippen LogP contribution in [-0.2, 0) is 10.0 Å². The van der Waals surface area contributed by atoms with Crippen LogP contribution in [-0.4, -0.2) is 36.5 Å². The second-order valence-electron chi connectivity index (χ2n) is 7.20. The zero-order valence-electron chi connectivity index (χ0n) is 17.0. The number of nitrogens with zero attached hydrogens (tertiary/aromatic N) is 2. The summed E-state index contributed by atoms with van der Waals surface area (Å²) in [7, 11) is -3.90. The molecule has 0 saturated carbocycles. The van der Waals surface area contributed by atoms with Crippen LogP contribution in [0.25, 0.3) is 16.8 Å². The van der Waals surface area contributed by atoms with Crippen molar-refractivity contribution in [2.45, 2.75) is 18.2 Å². The first-order valence-electron chi connectivity index (χ1n) is 9.56. The van der Waals surface area contributed by atoms with Crippen LogP contribution in [0, 0.1) is 17.6 Å². The van der Waals surface area contributed by atoms with Crippen molar-refractivity contribution in [2.24, 2.45) is 11.1 Å². The Labute approximate surface area is 182 Å². The molecule has 0 aliphatic rings. The second kappa shape index (κ2) is 9.55. The van der Waals surface area contributed by atoms with Gasteiger partial charge in [0.05, 0.1) is 23.4 Å². The number of nitrogens with two attached hydrogens (primary N) is 1. The van der Waals surface area contributed by atoms with Crippen LogP contribution in [0.3, 0.4) is 0 Å². The maximum absolute atomic E-state index is 13.7. The third-order valence-electron chi connectivity index (χ3n) is 4.74. The molecule has 8 nitrogen and oxygen atoms in total. The fraction of sp³-hybridized carbons (Fsp3) is 0.238. The van der Waals surface area contributed by atoms with Gasteiger partial charge in [0.15, 0.2) is 17.4 Å². The Balaban J connectivity index is 2.08. The van der Waals surface area contributed by atoms with E-state index < -0.39 is 27.2 Å². The quantitative estimate of drug-likeness (QED) is 0.526. The van der Waals surface area contributed by atoms with Crippen LogP contribution in [0.5, 0.6) is 5.75 Å². The minimum absolute atomic E-state index is 0.00130. The summed E-state index contributed by atoms with van der Waals surface area (Å²) in [5.74, 6) is -2.39. The standard InChI is InChI=1S/C21H21F2N3O5S/c1-13(12-27)8-9-31-20-17(14-2-5-16(6-3-14)32(24,29)30)11-25-26(21(20)28)15-4-7-18(22)19(23)10-15/h2-7,10-11,13,27H,8-9,12H2,1H3,(H2,24,29,30). The van der Waals surface area contributed by atoms with Gasteiger partial charge in [-0.15, -0.1) is 0 Å². The Kier molecular flexibility index (Phi) is 7.02. The lowest BCUT2D eigenvalue weighted by molar-refractivity contribution is 0.201. The van der Waals surface area contributed by atoms with Crippen LogP contribution < -0.4 is 15.4 Å². The Morgan fingerprint density at radius 3 is 2.44 bits per heavy atom. The van der Waals surface area contributed by atoms with Crippen molar-refractivity contribution in [3.8, 4) is 22.6 Å². The van der Waals surface area contributed by atoms with Gasteiger partial charge in [-0.2, -0.15) is 9.78 Å². The van der Waals surface area contributed by atoms with E-state index in [1.54, 1.807) is 0 Å². The summed E-state index contributed by atoms with van der Waals surface area (Å²) in [5.41, 5.74) is -0.0182. The van der Waals surface area contributed by atoms with Gasteiger partial charge in [0.25, 0.3) is 0 Å². The van der Waals surface area contributed by atoms with Gasteiger partial charge in [0.2, 0.25) is 10.0 Å². The van der Waals surface area contributed by atoms with E-state index in [1.165, 1.54) is 36.5 Å². The number of halogens is 2. The number of aromatic nitrogens is 2. The SMILES string of the molecule is CC(CO)CCOc1c(-c2ccc(S(N)(=O)=O)cc2)cnn(-c2ccc(F)c(F)c2)c1=O. The third-order valence-corrected chi connectivity index (χ3v) is 5.67. The predicted molar refractivity (Wildman–Crippen MR) is 113 cm³/mol. The van der Waals surface area contributed by atoms with E-state index in [1.807, 2.05) is 6.92 Å². The molecule has 0 amide bonds. The lowest BCUT2D eigenvalue weighted by Crippen LogP contribution is -2.24. The van der Waals surface area contributed by atoms with E-state index in [-0.39, 0.29) is 41.0 Å². The fourth-order valence-electron chi connectivity index (χ4n) is 2.86. The number of aliphatic hydroxyl groups is 1. The summed E-state index contributed by atoms with van der Waals surface area (Å²) >= 11 is 0. The van der Waals surface area contributed by atoms with Crippen molar-refractivity contribution < 1.29 is 27.0 Å². The Morgan fingerprint density at radius 2 is 1.84 bits per heavy atom. The van der Waals surface area contributed by atoms with E-state index >= 15 is 0 Å². The van der Waals surface area contributed by atoms with Gasteiger partial charge in [-0.1, -0.05) is 19.1 Å². The van der Waals surface area contributed by atoms with Gasteiger partial charge in [-0.25, -0.2) is 22.3 Å². The average molecular weight is 465 g/mol. The maximum atomic E-state index is 13.7. The Hall–Kier alpha value is -3.15. The van der Waals surface area contributed by atoms with Crippen molar-refractivity contribution in [3.63, 3.8) is 0 Å². The largest absolute Gasteiger partial charge is 0.487 e. The second-order valence-corrected chi connectivity index (χ2v) is 8.76. The predicted octanol–water partition coefficient (Wildman–Crippen LogP) is 2.22. The molecule has 0 spiro atoms. The van der Waals surface area contributed by atoms with Crippen molar-refractivity contribution in [3.05, 3.63) is 70.6 Å². The molecule has 0 aliphatic heterocycles. The topological polar surface area (TPSA) is 125 Å². The summed E-state index contributed by atoms with van der Waals surface area (Å²) < 4.78 is 56.5. The number of aliphatic hydroxyl groups excluding tert-OH is 1. The first-order chi connectivity index (χ1) is 15.1. The highest BCUT2D eigenvalue weighted by Gasteiger charge is 2.18. The van der Waals surface area contributed by atoms with Crippen LogP contribution in [0.1, 0.15) is 13.3 Å². The average Bonchev–Trinajstić information content (AvgIpc) is 2.76. The summed E-state index contributed by atoms with van der Waals surface area (Å²) in [5, 5.41) is 18.4. The van der Waals surface area contributed by atoms with E-state index in [9.17, 15) is 27.1 Å². The van der Waals surface area contributed by atoms with Gasteiger partial charge in [-0.3, -0.25) is 4.79 Å². The summed E-state index contributed by atoms with van der Waals surface area (Å²) in [6, 6.07) is 8.37. The minimum Gasteiger partial charge on any atom is -0.487 e. The highest BCUT2D eigenvalue weighted by molar-refractivity contribution is 7.89. The first-order valence-corrected chi connectivity index (χ1v) is 11.1. The van der Waals surface area contributed by atoms with Crippen molar-refractivity contribution in [2.75, 3.05) is 13.2 Å². The molecule has 0 bridgehead atoms. The summed E-state index contributed by atoms with van der Waals surface area (Å²) in [4.78, 5) is 13.0. The lowest BCUT2D eigenvalue weighted by atomic mass is 10.1. The van der Waals surface area contributed by atoms with Crippen LogP contribution in [0.15, 0.2) is 58.4 Å². The number of ether oxygens (including phenoxy) is 1. The van der Waals surface area contributed by atoms with Gasteiger partial charge >= 0.3 is 5.56 Å². The molecule has 3 rings (SSSR count). The van der Waals surface area contributed by atoms with Crippen LogP contribution in [0.2, 0.25) is 0 Å². The number of benzene rings is 2. The van der Waals surface area contributed by atoms with Gasteiger partial charge < -0.3 is 9.84 Å². The molecule has 3 aromatic rings. The molecule has 0 aliphatic carbocycles. The normalized spacial score (nSPS) is 12.5. The fourth-order valence-corrected chi connectivity index (χ4v) is 3.38. The van der Waals surface area contributed by atoms with Crippen molar-refractivity contribution in [1.29, 1.82) is 0 Å². The van der Waals surface area contributed by atoms with E-state index in [4.69, 9.17) is 9.88 Å². The van der Waals surface area contributed by atoms with Gasteiger partial charge in [0.1, 0.15) is 0 Å². The molecule has 1 heterocycles. The third kappa shape index (κ3) is 5.18. The van der Waals surface area contributed by atoms with Crippen molar-refractivity contribution in [1.82, 2.24) is 9.78 Å². The molecular weight excluding hydrogens is 444 g/mol. The maximum Gasteiger partial charge on any atom is 0.314 e. The minimum atomic E-state index is -3.90. The van der Waals surface area contributed by atoms with E-state index in [0.717, 1.165) is 16.8 Å². The van der Waals surface area contributed by atoms with E-state index in [2.05, 4.69) is 5.10 Å². The van der Waals surface area contributed by atoms with Gasteiger partial charge in [-0.05, 0) is 42.2 Å². The lowest BCUT2D eigenvalue weighted by Gasteiger charge is -2.15. The smallest absolute Gasteiger partial charge is 0.314 e. The molecule has 1 aromatic heterocycles. The Morgan fingerprint density at radius 1 is 1.16 bits per heavy atom. The highest BCUT2D eigenvalue weighted by Crippen LogP contribution is 2.28. The molecule has 32 heavy (non-hydrogen) atoms. The summed E-state index contributed by atoms with van der Waals surface area (Å²) in [6.45, 7) is 1.85. The van der Waals surface area contributed by atoms with Gasteiger partial charge in [0, 0.05) is 18.2 Å². The molecule has 2 aromatic carbocycles. The Bertz CT molecular complexity index is 1280. The van der Waals surface area contributed by atoms with Crippen LogP contribution >= 0.6 is 0 Å². The first kappa shape index (κ1) is 23.5. The molecule has 1 unspecified atom stereocenters. The number of primary sulfonamides is 1. The van der Waals surface area contributed by atoms with E-state index in [0.29, 0.717) is 12.0 Å². The molecule has 0 saturated heterocycles. The molecule has 170 valence electrons. The zero-order chi connectivity index (χ0) is 23.5. The number of rotatable bonds is 8. The van der Waals surface area contributed by atoms with Crippen molar-refractivity contribution >= 4 is 10.0 Å². The molecule has 0 radical (unpaired) electrons. The molecular formula is C21H21F2N3O5S. The number of sulfonamides is 1. The number of hydrogen-bond acceptors (Lipinski definition) is 6. The monoisotopic (exact) mass is 465 g/mol. The highest BCUT2D eigenvalue weighted by atomic mass is 32.2. The summed E-state index contributed by atoms with van der Waals surface area (Å²) in [6.07, 6.45) is 1.76. The molecule has 11 heteroatoms.